The van der Waals surface area contributed by atoms with Crippen molar-refractivity contribution in [3.63, 3.8) is 0 Å². The molecule has 2 rings (SSSR count). The number of nitro groups is 1. The van der Waals surface area contributed by atoms with Gasteiger partial charge in [0.1, 0.15) is 11.9 Å². The Labute approximate surface area is 213 Å². The van der Waals surface area contributed by atoms with E-state index in [4.69, 9.17) is 34.8 Å². The predicted octanol–water partition coefficient (Wildman–Crippen LogP) is 4.88. The molecular formula is C12H3Cl3F6KN4O3. The zero-order chi connectivity index (χ0) is 21.6. The smallest absolute Gasteiger partial charge is 0.297 e. The number of halogens is 9. The molecule has 1 amide bonds. The summed E-state index contributed by atoms with van der Waals surface area (Å²) in [5.41, 5.74) is -3.29. The van der Waals surface area contributed by atoms with Gasteiger partial charge < -0.3 is 0 Å². The topological polar surface area (TPSA) is 90.1 Å². The largest absolute Gasteiger partial charge is 0.471 e. The molecule has 29 heavy (non-hydrogen) atoms. The molecule has 0 aliphatic rings. The quantitative estimate of drug-likeness (QED) is 0.210. The van der Waals surface area contributed by atoms with Gasteiger partial charge in [0.05, 0.1) is 25.6 Å². The summed E-state index contributed by atoms with van der Waals surface area (Å²) in [5.74, 6) is -3.76. The summed E-state index contributed by atoms with van der Waals surface area (Å²) in [6.45, 7) is 0. The van der Waals surface area contributed by atoms with E-state index in [1.165, 1.54) is 5.32 Å². The standard InChI is InChI=1S/C12H3Cl3F6N4O3.K/c13-4-1-3(11(16,17)18)6(14)7(15)8(4)24-9(5(2-22-24)25(27)28)23-10(26)12(19,20)21;/h1-2H,(H,23,26);. The Bertz CT molecular complexity index is 979. The summed E-state index contributed by atoms with van der Waals surface area (Å²) < 4.78 is 76.6. The van der Waals surface area contributed by atoms with Crippen LogP contribution in [0.15, 0.2) is 12.3 Å². The molecule has 7 nitrogen and oxygen atoms in total. The molecule has 1 N–H and O–H groups in total. The minimum Gasteiger partial charge on any atom is -0.297 e. The Morgan fingerprint density at radius 2 is 1.69 bits per heavy atom. The SMILES string of the molecule is O=C(Nc1c([N+](=O)[O-])cnn1-c1c(Cl)cc(C(F)(F)F)c(Cl)c1Cl)C(F)(F)F.[K]. The monoisotopic (exact) mass is 509 g/mol. The number of carbonyl (C=O) groups is 1. The summed E-state index contributed by atoms with van der Waals surface area (Å²) in [6.07, 6.45) is -9.98. The Hall–Kier alpha value is -0.614. The molecule has 0 spiro atoms. The Balaban J connectivity index is 0.00000420. The van der Waals surface area contributed by atoms with Crippen LogP contribution in [0.3, 0.4) is 0 Å². The van der Waals surface area contributed by atoms with Crippen LogP contribution in [0.2, 0.25) is 15.1 Å². The molecule has 153 valence electrons. The zero-order valence-electron chi connectivity index (χ0n) is 13.6. The van der Waals surface area contributed by atoms with Crippen LogP contribution in [0.4, 0.5) is 37.8 Å². The first-order valence-corrected chi connectivity index (χ1v) is 7.65. The van der Waals surface area contributed by atoms with E-state index >= 15 is 0 Å². The van der Waals surface area contributed by atoms with E-state index in [0.29, 0.717) is 12.3 Å². The maximum atomic E-state index is 12.9. The summed E-state index contributed by atoms with van der Waals surface area (Å²) in [4.78, 5) is 21.0. The van der Waals surface area contributed by atoms with Gasteiger partial charge in [-0.05, 0) is 6.07 Å². The normalized spacial score (nSPS) is 11.8. The van der Waals surface area contributed by atoms with E-state index in [9.17, 15) is 41.3 Å². The fourth-order valence-electron chi connectivity index (χ4n) is 1.92. The number of nitrogens with one attached hydrogen (secondary N) is 1. The van der Waals surface area contributed by atoms with Gasteiger partial charge in [-0.3, -0.25) is 20.2 Å². The predicted molar refractivity (Wildman–Crippen MR) is 90.7 cm³/mol. The Morgan fingerprint density at radius 1 is 1.14 bits per heavy atom. The Morgan fingerprint density at radius 3 is 2.14 bits per heavy atom. The van der Waals surface area contributed by atoms with Gasteiger partial charge in [0.15, 0.2) is 0 Å². The third-order valence-electron chi connectivity index (χ3n) is 3.09. The average molecular weight is 511 g/mol. The number of anilines is 1. The molecule has 17 heteroatoms. The molecule has 0 saturated carbocycles. The van der Waals surface area contributed by atoms with Crippen molar-refractivity contribution < 1.29 is 36.1 Å². The van der Waals surface area contributed by atoms with Crippen molar-refractivity contribution in [1.29, 1.82) is 0 Å². The number of rotatable bonds is 3. The minimum absolute atomic E-state index is 0. The van der Waals surface area contributed by atoms with E-state index in [0.717, 1.165) is 0 Å². The van der Waals surface area contributed by atoms with Crippen LogP contribution in [-0.2, 0) is 11.0 Å². The molecule has 1 aromatic carbocycles. The molecule has 0 bridgehead atoms. The molecule has 0 aliphatic carbocycles. The maximum absolute atomic E-state index is 12.9. The third-order valence-corrected chi connectivity index (χ3v) is 4.23. The summed E-state index contributed by atoms with van der Waals surface area (Å²) >= 11 is 17.0. The molecule has 0 atom stereocenters. The van der Waals surface area contributed by atoms with Crippen LogP contribution >= 0.6 is 34.8 Å². The number of benzene rings is 1. The fraction of sp³-hybridized carbons (Fsp3) is 0.167. The maximum Gasteiger partial charge on any atom is 0.471 e. The molecular weight excluding hydrogens is 508 g/mol. The van der Waals surface area contributed by atoms with Gasteiger partial charge in [-0.15, -0.1) is 0 Å². The van der Waals surface area contributed by atoms with Crippen molar-refractivity contribution in [1.82, 2.24) is 9.78 Å². The van der Waals surface area contributed by atoms with Gasteiger partial charge in [0.25, 0.3) is 0 Å². The van der Waals surface area contributed by atoms with E-state index < -0.39 is 61.0 Å². The van der Waals surface area contributed by atoms with Crippen LogP contribution in [0, 0.1) is 10.1 Å². The number of amides is 1. The number of hydrogen-bond donors (Lipinski definition) is 1. The number of carbonyl (C=O) groups excluding carboxylic acids is 1. The van der Waals surface area contributed by atoms with Gasteiger partial charge in [-0.1, -0.05) is 34.8 Å². The first-order chi connectivity index (χ1) is 12.7. The summed E-state index contributed by atoms with van der Waals surface area (Å²) in [6, 6.07) is 0.300. The first-order valence-electron chi connectivity index (χ1n) is 6.52. The second-order valence-corrected chi connectivity index (χ2v) is 6.04. The number of nitrogens with zero attached hydrogens (tertiary/aromatic N) is 3. The van der Waals surface area contributed by atoms with E-state index in [1.54, 1.807) is 0 Å². The van der Waals surface area contributed by atoms with Crippen molar-refractivity contribution in [2.24, 2.45) is 0 Å². The van der Waals surface area contributed by atoms with Crippen LogP contribution in [0.5, 0.6) is 0 Å². The van der Waals surface area contributed by atoms with Crippen LogP contribution in [-0.4, -0.2) is 78.2 Å². The van der Waals surface area contributed by atoms with Crippen molar-refractivity contribution in [2.75, 3.05) is 5.32 Å². The number of hydrogen-bond acceptors (Lipinski definition) is 4. The molecule has 1 radical (unpaired) electrons. The van der Waals surface area contributed by atoms with Gasteiger partial charge in [-0.25, -0.2) is 4.68 Å². The van der Waals surface area contributed by atoms with Gasteiger partial charge >= 0.3 is 23.9 Å². The molecule has 0 unspecified atom stereocenters. The van der Waals surface area contributed by atoms with Gasteiger partial charge in [0.2, 0.25) is 5.82 Å². The van der Waals surface area contributed by atoms with Crippen LogP contribution < -0.4 is 5.32 Å². The first kappa shape index (κ1) is 26.4. The molecule has 0 fully saturated rings. The van der Waals surface area contributed by atoms with E-state index in [1.807, 2.05) is 0 Å². The van der Waals surface area contributed by atoms with Crippen molar-refractivity contribution >= 4 is 104 Å². The van der Waals surface area contributed by atoms with Crippen LogP contribution in [0.1, 0.15) is 5.56 Å². The van der Waals surface area contributed by atoms with Crippen molar-refractivity contribution in [3.05, 3.63) is 43.0 Å². The molecule has 0 saturated heterocycles. The summed E-state index contributed by atoms with van der Waals surface area (Å²) in [5, 5.41) is 12.8. The van der Waals surface area contributed by atoms with Crippen molar-refractivity contribution in [3.8, 4) is 5.69 Å². The van der Waals surface area contributed by atoms with Gasteiger partial charge in [-0.2, -0.15) is 31.4 Å². The van der Waals surface area contributed by atoms with E-state index in [-0.39, 0.29) is 56.1 Å². The number of alkyl halides is 6. The minimum atomic E-state index is -5.44. The number of aromatic nitrogens is 2. The zero-order valence-corrected chi connectivity index (χ0v) is 19.0. The van der Waals surface area contributed by atoms with E-state index in [2.05, 4.69) is 5.10 Å². The average Bonchev–Trinajstić information content (AvgIpc) is 2.92. The molecule has 1 aromatic heterocycles. The van der Waals surface area contributed by atoms with Crippen molar-refractivity contribution in [2.45, 2.75) is 12.4 Å². The fourth-order valence-corrected chi connectivity index (χ4v) is 2.79. The third kappa shape index (κ3) is 5.55. The molecule has 1 heterocycles. The molecule has 0 aliphatic heterocycles. The van der Waals surface area contributed by atoms with Crippen LogP contribution in [0.25, 0.3) is 5.69 Å². The second-order valence-electron chi connectivity index (χ2n) is 4.88. The summed E-state index contributed by atoms with van der Waals surface area (Å²) in [7, 11) is 0. The molecule has 2 aromatic rings. The van der Waals surface area contributed by atoms with Gasteiger partial charge in [0, 0.05) is 51.4 Å². The second kappa shape index (κ2) is 9.26. The Kier molecular flexibility index (Phi) is 8.43.